The molecular weight excluding hydrogens is 304 g/mol. The van der Waals surface area contributed by atoms with Crippen LogP contribution in [0.4, 0.5) is 0 Å². The summed E-state index contributed by atoms with van der Waals surface area (Å²) in [6, 6.07) is 2.15. The van der Waals surface area contributed by atoms with Crippen LogP contribution in [0.5, 0.6) is 0 Å². The summed E-state index contributed by atoms with van der Waals surface area (Å²) in [4.78, 5) is 1.08. The highest BCUT2D eigenvalue weighted by Gasteiger charge is 2.20. The van der Waals surface area contributed by atoms with Crippen LogP contribution in [0.15, 0.2) is 10.3 Å². The van der Waals surface area contributed by atoms with Gasteiger partial charge in [-0.05, 0) is 30.4 Å². The molecule has 0 saturated heterocycles. The Morgan fingerprint density at radius 2 is 1.81 bits per heavy atom. The minimum atomic E-state index is -3.39. The SMILES string of the molecule is Cc1cc(S(=O)(=O)NCC(C)C(C)C)sc1CNC(C)C. The van der Waals surface area contributed by atoms with E-state index < -0.39 is 10.0 Å². The molecule has 0 aromatic carbocycles. The number of hydrogen-bond acceptors (Lipinski definition) is 4. The van der Waals surface area contributed by atoms with Crippen molar-refractivity contribution in [2.45, 2.75) is 58.3 Å². The van der Waals surface area contributed by atoms with Gasteiger partial charge in [0.05, 0.1) is 0 Å². The van der Waals surface area contributed by atoms with E-state index in [1.165, 1.54) is 11.3 Å². The largest absolute Gasteiger partial charge is 0.310 e. The molecule has 0 bridgehead atoms. The van der Waals surface area contributed by atoms with Crippen LogP contribution in [-0.4, -0.2) is 21.0 Å². The third-order valence-electron chi connectivity index (χ3n) is 3.67. The van der Waals surface area contributed by atoms with Crippen molar-refractivity contribution in [1.29, 1.82) is 0 Å². The lowest BCUT2D eigenvalue weighted by Crippen LogP contribution is -2.29. The third-order valence-corrected chi connectivity index (χ3v) is 6.80. The maximum atomic E-state index is 12.3. The fraction of sp³-hybridized carbons (Fsp3) is 0.733. The van der Waals surface area contributed by atoms with Crippen molar-refractivity contribution in [2.24, 2.45) is 11.8 Å². The summed E-state index contributed by atoms with van der Waals surface area (Å²) in [6.45, 7) is 13.6. The summed E-state index contributed by atoms with van der Waals surface area (Å²) in [6.07, 6.45) is 0. The van der Waals surface area contributed by atoms with Crippen LogP contribution in [0.2, 0.25) is 0 Å². The van der Waals surface area contributed by atoms with E-state index in [-0.39, 0.29) is 0 Å². The maximum absolute atomic E-state index is 12.3. The summed E-state index contributed by atoms with van der Waals surface area (Å²) >= 11 is 1.36. The van der Waals surface area contributed by atoms with Gasteiger partial charge in [-0.3, -0.25) is 0 Å². The Hall–Kier alpha value is -0.430. The van der Waals surface area contributed by atoms with Crippen LogP contribution >= 0.6 is 11.3 Å². The molecule has 122 valence electrons. The molecule has 0 aliphatic carbocycles. The van der Waals surface area contributed by atoms with Crippen LogP contribution in [-0.2, 0) is 16.6 Å². The molecule has 0 aliphatic heterocycles. The van der Waals surface area contributed by atoms with E-state index >= 15 is 0 Å². The zero-order chi connectivity index (χ0) is 16.2. The molecule has 1 atom stereocenters. The first-order valence-corrected chi connectivity index (χ1v) is 9.75. The van der Waals surface area contributed by atoms with Gasteiger partial charge < -0.3 is 5.32 Å². The lowest BCUT2D eigenvalue weighted by molar-refractivity contribution is 0.415. The van der Waals surface area contributed by atoms with E-state index in [9.17, 15) is 8.42 Å². The molecule has 1 heterocycles. The highest BCUT2D eigenvalue weighted by molar-refractivity contribution is 7.91. The molecule has 4 nitrogen and oxygen atoms in total. The molecule has 0 aliphatic rings. The molecule has 1 unspecified atom stereocenters. The van der Waals surface area contributed by atoms with Crippen molar-refractivity contribution in [3.8, 4) is 0 Å². The van der Waals surface area contributed by atoms with E-state index in [1.54, 1.807) is 6.07 Å². The topological polar surface area (TPSA) is 58.2 Å². The fourth-order valence-electron chi connectivity index (χ4n) is 1.64. The average Bonchev–Trinajstić information content (AvgIpc) is 2.75. The highest BCUT2D eigenvalue weighted by atomic mass is 32.2. The van der Waals surface area contributed by atoms with E-state index in [4.69, 9.17) is 0 Å². The van der Waals surface area contributed by atoms with Gasteiger partial charge in [-0.1, -0.05) is 34.6 Å². The Morgan fingerprint density at radius 3 is 2.33 bits per heavy atom. The van der Waals surface area contributed by atoms with Gasteiger partial charge in [0.25, 0.3) is 0 Å². The van der Waals surface area contributed by atoms with Gasteiger partial charge >= 0.3 is 0 Å². The molecule has 6 heteroatoms. The number of hydrogen-bond donors (Lipinski definition) is 2. The van der Waals surface area contributed by atoms with Crippen LogP contribution in [0, 0.1) is 18.8 Å². The van der Waals surface area contributed by atoms with Crippen molar-refractivity contribution in [2.75, 3.05) is 6.54 Å². The molecule has 0 fully saturated rings. The fourth-order valence-corrected chi connectivity index (χ4v) is 4.37. The van der Waals surface area contributed by atoms with Gasteiger partial charge in [-0.25, -0.2) is 13.1 Å². The van der Waals surface area contributed by atoms with Gasteiger partial charge in [0.15, 0.2) is 0 Å². The summed E-state index contributed by atoms with van der Waals surface area (Å²) in [7, 11) is -3.39. The Labute approximate surface area is 133 Å². The van der Waals surface area contributed by atoms with Crippen molar-refractivity contribution in [3.63, 3.8) is 0 Å². The average molecular weight is 333 g/mol. The first-order valence-electron chi connectivity index (χ1n) is 7.45. The van der Waals surface area contributed by atoms with Crippen molar-refractivity contribution in [3.05, 3.63) is 16.5 Å². The number of nitrogens with one attached hydrogen (secondary N) is 2. The Morgan fingerprint density at radius 1 is 1.19 bits per heavy atom. The lowest BCUT2D eigenvalue weighted by Gasteiger charge is -2.15. The Bertz CT molecular complexity index is 548. The molecule has 0 spiro atoms. The molecule has 1 aromatic heterocycles. The van der Waals surface area contributed by atoms with Crippen LogP contribution in [0.3, 0.4) is 0 Å². The second-order valence-electron chi connectivity index (χ2n) is 6.28. The zero-order valence-electron chi connectivity index (χ0n) is 13.9. The monoisotopic (exact) mass is 332 g/mol. The predicted octanol–water partition coefficient (Wildman–Crippen LogP) is 3.12. The highest BCUT2D eigenvalue weighted by Crippen LogP contribution is 2.26. The van der Waals surface area contributed by atoms with Crippen LogP contribution < -0.4 is 10.0 Å². The van der Waals surface area contributed by atoms with E-state index in [0.717, 1.165) is 10.4 Å². The molecule has 0 amide bonds. The van der Waals surface area contributed by atoms with E-state index in [2.05, 4.69) is 44.7 Å². The third kappa shape index (κ3) is 5.70. The van der Waals surface area contributed by atoms with E-state index in [1.807, 2.05) is 6.92 Å². The molecule has 1 aromatic rings. The van der Waals surface area contributed by atoms with Crippen molar-refractivity contribution >= 4 is 21.4 Å². The predicted molar refractivity (Wildman–Crippen MR) is 90.2 cm³/mol. The normalized spacial score (nSPS) is 14.1. The zero-order valence-corrected chi connectivity index (χ0v) is 15.5. The number of rotatable bonds is 8. The number of aryl methyl sites for hydroxylation is 1. The summed E-state index contributed by atoms with van der Waals surface area (Å²) in [5, 5.41) is 3.33. The van der Waals surface area contributed by atoms with Gasteiger partial charge in [0, 0.05) is 24.0 Å². The molecule has 0 saturated carbocycles. The minimum absolute atomic E-state index is 0.322. The Balaban J connectivity index is 2.77. The smallest absolute Gasteiger partial charge is 0.250 e. The summed E-state index contributed by atoms with van der Waals surface area (Å²) in [5.41, 5.74) is 1.03. The first kappa shape index (κ1) is 18.6. The molecule has 0 radical (unpaired) electrons. The number of sulfonamides is 1. The van der Waals surface area contributed by atoms with Crippen LogP contribution in [0.25, 0.3) is 0 Å². The van der Waals surface area contributed by atoms with Gasteiger partial charge in [0.1, 0.15) is 4.21 Å². The van der Waals surface area contributed by atoms with Gasteiger partial charge in [-0.15, -0.1) is 11.3 Å². The van der Waals surface area contributed by atoms with Gasteiger partial charge in [-0.2, -0.15) is 0 Å². The van der Waals surface area contributed by atoms with Crippen LogP contribution in [0.1, 0.15) is 45.1 Å². The molecular formula is C15H28N2O2S2. The second kappa shape index (κ2) is 7.72. The second-order valence-corrected chi connectivity index (χ2v) is 9.41. The first-order chi connectivity index (χ1) is 9.63. The molecule has 2 N–H and O–H groups in total. The van der Waals surface area contributed by atoms with Crippen molar-refractivity contribution in [1.82, 2.24) is 10.0 Å². The maximum Gasteiger partial charge on any atom is 0.250 e. The van der Waals surface area contributed by atoms with Crippen molar-refractivity contribution < 1.29 is 8.42 Å². The lowest BCUT2D eigenvalue weighted by atomic mass is 9.99. The van der Waals surface area contributed by atoms with E-state index in [0.29, 0.717) is 35.2 Å². The summed E-state index contributed by atoms with van der Waals surface area (Å²) < 4.78 is 27.8. The number of thiophene rings is 1. The quantitative estimate of drug-likeness (QED) is 0.769. The summed E-state index contributed by atoms with van der Waals surface area (Å²) in [5.74, 6) is 0.784. The molecule has 1 rings (SSSR count). The minimum Gasteiger partial charge on any atom is -0.310 e. The van der Waals surface area contributed by atoms with Gasteiger partial charge in [0.2, 0.25) is 10.0 Å². The molecule has 21 heavy (non-hydrogen) atoms. The standard InChI is InChI=1S/C15H28N2O2S2/c1-10(2)13(6)8-17-21(18,19)15-7-12(5)14(20-15)9-16-11(3)4/h7,10-11,13,16-17H,8-9H2,1-6H3. The Kier molecular flexibility index (Phi) is 6.84.